The highest BCUT2D eigenvalue weighted by Crippen LogP contribution is 2.13. The number of rotatable bonds is 6. The number of hydrogen-bond donors (Lipinski definition) is 1. The van der Waals surface area contributed by atoms with E-state index in [4.69, 9.17) is 4.74 Å². The lowest BCUT2D eigenvalue weighted by atomic mass is 10.0. The summed E-state index contributed by atoms with van der Waals surface area (Å²) < 4.78 is 5.17. The predicted octanol–water partition coefficient (Wildman–Crippen LogP) is -0.340. The Morgan fingerprint density at radius 1 is 1.50 bits per heavy atom. The van der Waals surface area contributed by atoms with Gasteiger partial charge in [-0.3, -0.25) is 14.5 Å². The summed E-state index contributed by atoms with van der Waals surface area (Å²) in [6, 6.07) is 0. The summed E-state index contributed by atoms with van der Waals surface area (Å²) in [4.78, 5) is 24.6. The monoisotopic (exact) mass is 228 g/mol. The first kappa shape index (κ1) is 13.1. The molecular formula is C11H20N2O3. The van der Waals surface area contributed by atoms with E-state index in [9.17, 15) is 9.59 Å². The Kier molecular flexibility index (Phi) is 5.42. The largest absolute Gasteiger partial charge is 0.381 e. The zero-order chi connectivity index (χ0) is 12.0. The quantitative estimate of drug-likeness (QED) is 0.675. The summed E-state index contributed by atoms with van der Waals surface area (Å²) in [6.07, 6.45) is 1.27. The summed E-state index contributed by atoms with van der Waals surface area (Å²) in [5.74, 6) is 0.280. The summed E-state index contributed by atoms with van der Waals surface area (Å²) in [5.41, 5.74) is 0. The van der Waals surface area contributed by atoms with Crippen LogP contribution in [0.1, 0.15) is 12.8 Å². The van der Waals surface area contributed by atoms with Crippen LogP contribution in [0, 0.1) is 5.92 Å². The third kappa shape index (κ3) is 4.28. The van der Waals surface area contributed by atoms with Gasteiger partial charge in [0.25, 0.3) is 0 Å². The van der Waals surface area contributed by atoms with Gasteiger partial charge < -0.3 is 10.1 Å². The number of ketones is 1. The lowest BCUT2D eigenvalue weighted by Gasteiger charge is -2.16. The van der Waals surface area contributed by atoms with Gasteiger partial charge in [-0.05, 0) is 13.5 Å². The van der Waals surface area contributed by atoms with Crippen molar-refractivity contribution < 1.29 is 14.3 Å². The Hall–Kier alpha value is -0.940. The number of Topliss-reactive ketones (excluding diaryl/α,β-unsaturated/α-hetero) is 1. The molecule has 16 heavy (non-hydrogen) atoms. The molecule has 0 radical (unpaired) electrons. The maximum atomic E-state index is 11.7. The van der Waals surface area contributed by atoms with Crippen molar-refractivity contribution in [1.29, 1.82) is 0 Å². The zero-order valence-corrected chi connectivity index (χ0v) is 9.99. The SMILES string of the molecule is CNC(=O)CCN(C)CC(=O)C1CCOC1. The maximum absolute atomic E-state index is 11.7. The molecule has 5 nitrogen and oxygen atoms in total. The third-order valence-corrected chi connectivity index (χ3v) is 2.81. The lowest BCUT2D eigenvalue weighted by molar-refractivity contribution is -0.125. The molecular weight excluding hydrogens is 208 g/mol. The highest BCUT2D eigenvalue weighted by molar-refractivity contribution is 5.83. The second kappa shape index (κ2) is 6.60. The van der Waals surface area contributed by atoms with Gasteiger partial charge in [-0.15, -0.1) is 0 Å². The minimum absolute atomic E-state index is 0.00324. The van der Waals surface area contributed by atoms with E-state index in [0.29, 0.717) is 32.7 Å². The lowest BCUT2D eigenvalue weighted by Crippen LogP contribution is -2.33. The normalized spacial score (nSPS) is 20.1. The Bertz CT molecular complexity index is 250. The van der Waals surface area contributed by atoms with Gasteiger partial charge in [0.1, 0.15) is 0 Å². The zero-order valence-electron chi connectivity index (χ0n) is 9.99. The molecule has 1 amide bonds. The van der Waals surface area contributed by atoms with Crippen LogP contribution in [-0.4, -0.2) is 57.0 Å². The molecule has 0 spiro atoms. The van der Waals surface area contributed by atoms with Crippen molar-refractivity contribution in [3.05, 3.63) is 0 Å². The van der Waals surface area contributed by atoms with E-state index < -0.39 is 0 Å². The van der Waals surface area contributed by atoms with Crippen molar-refractivity contribution in [3.8, 4) is 0 Å². The van der Waals surface area contributed by atoms with Gasteiger partial charge in [-0.2, -0.15) is 0 Å². The van der Waals surface area contributed by atoms with Crippen molar-refractivity contribution in [2.24, 2.45) is 5.92 Å². The average Bonchev–Trinajstić information content (AvgIpc) is 2.79. The average molecular weight is 228 g/mol. The van der Waals surface area contributed by atoms with Crippen LogP contribution in [0.25, 0.3) is 0 Å². The maximum Gasteiger partial charge on any atom is 0.221 e. The third-order valence-electron chi connectivity index (χ3n) is 2.81. The van der Waals surface area contributed by atoms with Gasteiger partial charge in [0.15, 0.2) is 5.78 Å². The first-order chi connectivity index (χ1) is 7.63. The van der Waals surface area contributed by atoms with Gasteiger partial charge in [0, 0.05) is 32.5 Å². The van der Waals surface area contributed by atoms with E-state index in [1.807, 2.05) is 11.9 Å². The first-order valence-electron chi connectivity index (χ1n) is 5.63. The molecule has 92 valence electrons. The molecule has 1 unspecified atom stereocenters. The second-order valence-electron chi connectivity index (χ2n) is 4.19. The minimum Gasteiger partial charge on any atom is -0.381 e. The summed E-state index contributed by atoms with van der Waals surface area (Å²) in [7, 11) is 3.47. The Morgan fingerprint density at radius 3 is 2.81 bits per heavy atom. The van der Waals surface area contributed by atoms with Crippen LogP contribution in [0.15, 0.2) is 0 Å². The number of nitrogens with zero attached hydrogens (tertiary/aromatic N) is 1. The molecule has 0 aromatic rings. The Balaban J connectivity index is 2.19. The topological polar surface area (TPSA) is 58.6 Å². The first-order valence-corrected chi connectivity index (χ1v) is 5.63. The summed E-state index contributed by atoms with van der Waals surface area (Å²) >= 11 is 0. The van der Waals surface area contributed by atoms with Crippen molar-refractivity contribution in [2.45, 2.75) is 12.8 Å². The molecule has 1 saturated heterocycles. The molecule has 1 rings (SSSR count). The molecule has 0 aromatic heterocycles. The van der Waals surface area contributed by atoms with E-state index in [2.05, 4.69) is 5.32 Å². The van der Waals surface area contributed by atoms with E-state index >= 15 is 0 Å². The Labute approximate surface area is 96.1 Å². The van der Waals surface area contributed by atoms with Gasteiger partial charge >= 0.3 is 0 Å². The fourth-order valence-corrected chi connectivity index (χ4v) is 1.68. The fourth-order valence-electron chi connectivity index (χ4n) is 1.68. The van der Waals surface area contributed by atoms with E-state index in [1.165, 1.54) is 0 Å². The van der Waals surface area contributed by atoms with Crippen LogP contribution in [0.2, 0.25) is 0 Å². The molecule has 5 heteroatoms. The highest BCUT2D eigenvalue weighted by Gasteiger charge is 2.23. The van der Waals surface area contributed by atoms with Gasteiger partial charge in [-0.1, -0.05) is 0 Å². The predicted molar refractivity (Wildman–Crippen MR) is 60.1 cm³/mol. The molecule has 1 aliphatic rings. The number of carbonyl (C=O) groups excluding carboxylic acids is 2. The van der Waals surface area contributed by atoms with Crippen LogP contribution in [-0.2, 0) is 14.3 Å². The van der Waals surface area contributed by atoms with E-state index in [0.717, 1.165) is 6.42 Å². The van der Waals surface area contributed by atoms with Gasteiger partial charge in [0.05, 0.1) is 13.2 Å². The second-order valence-corrected chi connectivity index (χ2v) is 4.19. The van der Waals surface area contributed by atoms with Crippen molar-refractivity contribution in [1.82, 2.24) is 10.2 Å². The van der Waals surface area contributed by atoms with Crippen LogP contribution in [0.4, 0.5) is 0 Å². The molecule has 1 heterocycles. The molecule has 1 N–H and O–H groups in total. The van der Waals surface area contributed by atoms with Crippen molar-refractivity contribution in [3.63, 3.8) is 0 Å². The molecule has 0 bridgehead atoms. The molecule has 0 saturated carbocycles. The Morgan fingerprint density at radius 2 is 2.25 bits per heavy atom. The summed E-state index contributed by atoms with van der Waals surface area (Å²) in [5, 5.41) is 2.56. The molecule has 1 aliphatic heterocycles. The van der Waals surface area contributed by atoms with E-state index in [1.54, 1.807) is 7.05 Å². The molecule has 0 aromatic carbocycles. The van der Waals surface area contributed by atoms with Crippen LogP contribution >= 0.6 is 0 Å². The van der Waals surface area contributed by atoms with Crippen LogP contribution < -0.4 is 5.32 Å². The van der Waals surface area contributed by atoms with Gasteiger partial charge in [-0.25, -0.2) is 0 Å². The molecule has 1 fully saturated rings. The number of amides is 1. The van der Waals surface area contributed by atoms with Crippen molar-refractivity contribution in [2.75, 3.05) is 40.4 Å². The van der Waals surface area contributed by atoms with E-state index in [-0.39, 0.29) is 17.6 Å². The fraction of sp³-hybridized carbons (Fsp3) is 0.818. The number of nitrogens with one attached hydrogen (secondary N) is 1. The summed E-state index contributed by atoms with van der Waals surface area (Å²) in [6.45, 7) is 2.27. The number of ether oxygens (including phenoxy) is 1. The molecule has 0 aliphatic carbocycles. The number of carbonyl (C=O) groups is 2. The molecule has 1 atom stereocenters. The standard InChI is InChI=1S/C11H20N2O3/c1-12-11(15)3-5-13(2)7-10(14)9-4-6-16-8-9/h9H,3-8H2,1-2H3,(H,12,15). The highest BCUT2D eigenvalue weighted by atomic mass is 16.5. The van der Waals surface area contributed by atoms with Crippen LogP contribution in [0.5, 0.6) is 0 Å². The smallest absolute Gasteiger partial charge is 0.221 e. The van der Waals surface area contributed by atoms with Gasteiger partial charge in [0.2, 0.25) is 5.91 Å². The number of hydrogen-bond acceptors (Lipinski definition) is 4. The van der Waals surface area contributed by atoms with Crippen LogP contribution in [0.3, 0.4) is 0 Å². The number of likely N-dealkylation sites (N-methyl/N-ethyl adjacent to an activating group) is 1. The van der Waals surface area contributed by atoms with Crippen molar-refractivity contribution >= 4 is 11.7 Å². The minimum atomic E-state index is 0.00324.